The van der Waals surface area contributed by atoms with Gasteiger partial charge in [-0.3, -0.25) is 15.0 Å². The van der Waals surface area contributed by atoms with E-state index in [1.54, 1.807) is 22.7 Å². The van der Waals surface area contributed by atoms with Crippen LogP contribution in [0.5, 0.6) is 0 Å². The molecule has 0 spiro atoms. The summed E-state index contributed by atoms with van der Waals surface area (Å²) in [7, 11) is 0. The van der Waals surface area contributed by atoms with Gasteiger partial charge in [0, 0.05) is 21.8 Å². The van der Waals surface area contributed by atoms with Crippen LogP contribution in [0.4, 0.5) is 4.79 Å². The lowest BCUT2D eigenvalue weighted by Gasteiger charge is -2.34. The van der Waals surface area contributed by atoms with Crippen LogP contribution in [-0.2, 0) is 11.2 Å². The van der Waals surface area contributed by atoms with Crippen LogP contribution in [0.1, 0.15) is 42.1 Å². The average Bonchev–Trinajstić information content (AvgIpc) is 3.15. The van der Waals surface area contributed by atoms with Gasteiger partial charge in [0.25, 0.3) is 0 Å². The predicted molar refractivity (Wildman–Crippen MR) is 102 cm³/mol. The monoisotopic (exact) mass is 377 g/mol. The number of nitrogens with zero attached hydrogens (tertiary/aromatic N) is 1. The maximum absolute atomic E-state index is 12.4. The molecule has 1 aliphatic heterocycles. The van der Waals surface area contributed by atoms with E-state index in [4.69, 9.17) is 0 Å². The van der Waals surface area contributed by atoms with Crippen LogP contribution in [0.3, 0.4) is 0 Å². The second kappa shape index (κ2) is 7.27. The summed E-state index contributed by atoms with van der Waals surface area (Å²) in [6, 6.07) is 5.94. The van der Waals surface area contributed by atoms with Crippen molar-refractivity contribution in [3.05, 3.63) is 44.3 Å². The molecule has 3 rings (SSSR count). The van der Waals surface area contributed by atoms with Crippen molar-refractivity contribution in [2.75, 3.05) is 13.1 Å². The maximum Gasteiger partial charge on any atom is 0.321 e. The van der Waals surface area contributed by atoms with Gasteiger partial charge >= 0.3 is 6.03 Å². The van der Waals surface area contributed by atoms with Gasteiger partial charge in [0.1, 0.15) is 0 Å². The van der Waals surface area contributed by atoms with E-state index >= 15 is 0 Å². The Balaban J connectivity index is 1.71. The lowest BCUT2D eigenvalue weighted by atomic mass is 9.98. The quantitative estimate of drug-likeness (QED) is 0.862. The third-order valence-corrected chi connectivity index (χ3v) is 5.89. The highest BCUT2D eigenvalue weighted by Crippen LogP contribution is 2.39. The Bertz CT molecular complexity index is 747. The van der Waals surface area contributed by atoms with E-state index < -0.39 is 6.03 Å². The Hall–Kier alpha value is -1.70. The average molecular weight is 378 g/mol. The van der Waals surface area contributed by atoms with E-state index in [0.29, 0.717) is 0 Å². The normalized spacial score (nSPS) is 17.8. The van der Waals surface area contributed by atoms with Crippen LogP contribution >= 0.6 is 22.7 Å². The first kappa shape index (κ1) is 18.1. The van der Waals surface area contributed by atoms with Crippen LogP contribution in [0.2, 0.25) is 0 Å². The second-order valence-electron chi connectivity index (χ2n) is 7.19. The van der Waals surface area contributed by atoms with Crippen LogP contribution in [-0.4, -0.2) is 35.5 Å². The Morgan fingerprint density at radius 2 is 2.04 bits per heavy atom. The van der Waals surface area contributed by atoms with Crippen molar-refractivity contribution in [2.45, 2.75) is 38.8 Å². The number of carbonyl (C=O) groups excluding carboxylic acids is 2. The summed E-state index contributed by atoms with van der Waals surface area (Å²) in [6.07, 6.45) is 0.941. The van der Waals surface area contributed by atoms with E-state index in [-0.39, 0.29) is 24.0 Å². The molecule has 3 amide bonds. The first-order chi connectivity index (χ1) is 11.8. The summed E-state index contributed by atoms with van der Waals surface area (Å²) >= 11 is 3.48. The molecule has 2 aromatic heterocycles. The molecule has 0 saturated heterocycles. The molecule has 1 aliphatic rings. The number of rotatable bonds is 3. The number of nitrogens with one attached hydrogen (secondary N) is 2. The zero-order valence-corrected chi connectivity index (χ0v) is 16.3. The summed E-state index contributed by atoms with van der Waals surface area (Å²) in [4.78, 5) is 29.1. The molecule has 0 bridgehead atoms. The van der Waals surface area contributed by atoms with Crippen LogP contribution in [0, 0.1) is 0 Å². The van der Waals surface area contributed by atoms with Gasteiger partial charge in [0.05, 0.1) is 12.6 Å². The number of urea groups is 1. The largest absolute Gasteiger partial charge is 0.333 e. The molecule has 2 N–H and O–H groups in total. The van der Waals surface area contributed by atoms with E-state index in [9.17, 15) is 9.59 Å². The molecule has 0 radical (unpaired) electrons. The van der Waals surface area contributed by atoms with E-state index in [2.05, 4.69) is 38.4 Å². The summed E-state index contributed by atoms with van der Waals surface area (Å²) in [5.74, 6) is -0.276. The molecule has 5 nitrogen and oxygen atoms in total. The van der Waals surface area contributed by atoms with E-state index in [1.807, 2.05) is 26.8 Å². The first-order valence-corrected chi connectivity index (χ1v) is 10.0. The minimum atomic E-state index is -0.446. The van der Waals surface area contributed by atoms with Gasteiger partial charge in [-0.05, 0) is 55.6 Å². The van der Waals surface area contributed by atoms with Gasteiger partial charge in [0.2, 0.25) is 5.91 Å². The lowest BCUT2D eigenvalue weighted by Crippen LogP contribution is -2.51. The number of fused-ring (bicyclic) bond motifs is 1. The third-order valence-electron chi connectivity index (χ3n) is 3.97. The standard InChI is InChI=1S/C18H23N3O2S2/c1-18(2,3)20-17(23)19-15(22)11-21-8-6-13-12(7-10-25-13)16(21)14-5-4-9-24-14/h4-5,7,9-10,16H,6,8,11H2,1-3H3,(H2,19,20,22,23). The molecule has 2 aromatic rings. The summed E-state index contributed by atoms with van der Waals surface area (Å²) in [6.45, 7) is 6.66. The van der Waals surface area contributed by atoms with Crippen molar-refractivity contribution in [3.63, 3.8) is 0 Å². The summed E-state index contributed by atoms with van der Waals surface area (Å²) in [5.41, 5.74) is 0.909. The Morgan fingerprint density at radius 1 is 1.24 bits per heavy atom. The highest BCUT2D eigenvalue weighted by molar-refractivity contribution is 7.10. The smallest absolute Gasteiger partial charge is 0.321 e. The number of carbonyl (C=O) groups is 2. The summed E-state index contributed by atoms with van der Waals surface area (Å²) in [5, 5.41) is 9.37. The van der Waals surface area contributed by atoms with E-state index in [0.717, 1.165) is 13.0 Å². The topological polar surface area (TPSA) is 61.4 Å². The molecule has 134 valence electrons. The van der Waals surface area contributed by atoms with Crippen molar-refractivity contribution in [2.24, 2.45) is 0 Å². The molecule has 0 aromatic carbocycles. The molecule has 3 heterocycles. The Morgan fingerprint density at radius 3 is 2.72 bits per heavy atom. The van der Waals surface area contributed by atoms with Crippen molar-refractivity contribution in [1.82, 2.24) is 15.5 Å². The molecule has 0 aliphatic carbocycles. The van der Waals surface area contributed by atoms with E-state index in [1.165, 1.54) is 15.3 Å². The molecule has 1 atom stereocenters. The molecule has 1 unspecified atom stereocenters. The highest BCUT2D eigenvalue weighted by Gasteiger charge is 2.31. The number of amides is 3. The molecule has 25 heavy (non-hydrogen) atoms. The van der Waals surface area contributed by atoms with Gasteiger partial charge in [-0.25, -0.2) is 4.79 Å². The fraction of sp³-hybridized carbons (Fsp3) is 0.444. The fourth-order valence-corrected chi connectivity index (χ4v) is 4.82. The zero-order valence-electron chi connectivity index (χ0n) is 14.7. The van der Waals surface area contributed by atoms with Crippen molar-refractivity contribution in [3.8, 4) is 0 Å². The maximum atomic E-state index is 12.4. The van der Waals surface area contributed by atoms with Crippen molar-refractivity contribution < 1.29 is 9.59 Å². The van der Waals surface area contributed by atoms with Gasteiger partial charge < -0.3 is 5.32 Å². The third kappa shape index (κ3) is 4.48. The molecular weight excluding hydrogens is 354 g/mol. The number of hydrogen-bond acceptors (Lipinski definition) is 5. The fourth-order valence-electron chi connectivity index (χ4n) is 3.04. The minimum absolute atomic E-state index is 0.0893. The van der Waals surface area contributed by atoms with Gasteiger partial charge in [-0.2, -0.15) is 0 Å². The van der Waals surface area contributed by atoms with Crippen LogP contribution < -0.4 is 10.6 Å². The lowest BCUT2D eigenvalue weighted by molar-refractivity contribution is -0.121. The number of thiophene rings is 2. The predicted octanol–water partition coefficient (Wildman–Crippen LogP) is 3.38. The molecular formula is C18H23N3O2S2. The van der Waals surface area contributed by atoms with Crippen molar-refractivity contribution >= 4 is 34.6 Å². The minimum Gasteiger partial charge on any atom is -0.333 e. The number of imide groups is 1. The molecule has 7 heteroatoms. The Kier molecular flexibility index (Phi) is 5.27. The highest BCUT2D eigenvalue weighted by atomic mass is 32.1. The van der Waals surface area contributed by atoms with Gasteiger partial charge in [-0.15, -0.1) is 22.7 Å². The van der Waals surface area contributed by atoms with Gasteiger partial charge in [0.15, 0.2) is 0 Å². The molecule has 0 saturated carbocycles. The SMILES string of the molecule is CC(C)(C)NC(=O)NC(=O)CN1CCc2sccc2C1c1cccs1. The molecule has 0 fully saturated rings. The number of hydrogen-bond donors (Lipinski definition) is 2. The second-order valence-corrected chi connectivity index (χ2v) is 9.17. The van der Waals surface area contributed by atoms with Gasteiger partial charge in [-0.1, -0.05) is 6.07 Å². The van der Waals surface area contributed by atoms with Crippen molar-refractivity contribution in [1.29, 1.82) is 0 Å². The Labute approximate surface area is 156 Å². The van der Waals surface area contributed by atoms with Crippen LogP contribution in [0.25, 0.3) is 0 Å². The first-order valence-electron chi connectivity index (χ1n) is 8.29. The zero-order chi connectivity index (χ0) is 18.0. The van der Waals surface area contributed by atoms with Crippen LogP contribution in [0.15, 0.2) is 29.0 Å². The summed E-state index contributed by atoms with van der Waals surface area (Å²) < 4.78 is 0.